The van der Waals surface area contributed by atoms with Crippen molar-refractivity contribution in [3.8, 4) is 0 Å². The lowest BCUT2D eigenvalue weighted by molar-refractivity contribution is 0.0229. The zero-order chi connectivity index (χ0) is 18.2. The maximum absolute atomic E-state index is 13.2. The van der Waals surface area contributed by atoms with Gasteiger partial charge in [-0.2, -0.15) is 5.10 Å². The molecule has 0 aromatic carbocycles. The van der Waals surface area contributed by atoms with Crippen molar-refractivity contribution in [1.82, 2.24) is 24.5 Å². The number of aromatic nitrogens is 2. The average Bonchev–Trinajstić information content (AvgIpc) is 3.22. The molecule has 0 bridgehead atoms. The standard InChI is InChI=1S/C18H29N5O2/c1-18(2)13-21(17(25)20(3)4)11-12-22(18)16(24)15-9-10-19-23(15)14-7-5-6-8-14/h9-10,14H,5-8,11-13H2,1-4H3. The van der Waals surface area contributed by atoms with Gasteiger partial charge in [0.2, 0.25) is 0 Å². The van der Waals surface area contributed by atoms with Crippen LogP contribution in [-0.4, -0.2) is 75.7 Å². The Bertz CT molecular complexity index is 646. The van der Waals surface area contributed by atoms with Gasteiger partial charge in [-0.3, -0.25) is 9.48 Å². The van der Waals surface area contributed by atoms with E-state index in [9.17, 15) is 9.59 Å². The SMILES string of the molecule is CN(C)C(=O)N1CCN(C(=O)c2ccnn2C2CCCC2)C(C)(C)C1. The summed E-state index contributed by atoms with van der Waals surface area (Å²) in [7, 11) is 3.51. The van der Waals surface area contributed by atoms with Crippen LogP contribution in [0.1, 0.15) is 56.1 Å². The number of carbonyl (C=O) groups is 2. The summed E-state index contributed by atoms with van der Waals surface area (Å²) < 4.78 is 1.92. The van der Waals surface area contributed by atoms with E-state index in [0.717, 1.165) is 12.8 Å². The molecule has 1 aromatic heterocycles. The van der Waals surface area contributed by atoms with Gasteiger partial charge in [0.05, 0.1) is 11.6 Å². The van der Waals surface area contributed by atoms with E-state index >= 15 is 0 Å². The number of piperazine rings is 1. The number of rotatable bonds is 2. The zero-order valence-corrected chi connectivity index (χ0v) is 15.7. The maximum atomic E-state index is 13.2. The third kappa shape index (κ3) is 3.37. The van der Waals surface area contributed by atoms with Crippen LogP contribution in [0.15, 0.2) is 12.3 Å². The molecule has 138 valence electrons. The van der Waals surface area contributed by atoms with Gasteiger partial charge >= 0.3 is 6.03 Å². The van der Waals surface area contributed by atoms with E-state index in [1.54, 1.807) is 25.2 Å². The first-order chi connectivity index (χ1) is 11.8. The number of hydrogen-bond donors (Lipinski definition) is 0. The molecule has 3 rings (SSSR count). The number of carbonyl (C=O) groups excluding carboxylic acids is 2. The Hall–Kier alpha value is -2.05. The summed E-state index contributed by atoms with van der Waals surface area (Å²) in [5, 5.41) is 4.43. The molecule has 0 radical (unpaired) electrons. The summed E-state index contributed by atoms with van der Waals surface area (Å²) in [6, 6.07) is 2.17. The molecule has 1 saturated heterocycles. The summed E-state index contributed by atoms with van der Waals surface area (Å²) in [4.78, 5) is 30.8. The molecule has 2 fully saturated rings. The quantitative estimate of drug-likeness (QED) is 0.824. The molecule has 7 heteroatoms. The Balaban J connectivity index is 1.77. The predicted octanol–water partition coefficient (Wildman–Crippen LogP) is 2.22. The van der Waals surface area contributed by atoms with Crippen LogP contribution in [-0.2, 0) is 0 Å². The fraction of sp³-hybridized carbons (Fsp3) is 0.722. The molecule has 1 aliphatic heterocycles. The minimum Gasteiger partial charge on any atom is -0.331 e. The van der Waals surface area contributed by atoms with Gasteiger partial charge in [0.25, 0.3) is 5.91 Å². The van der Waals surface area contributed by atoms with Crippen LogP contribution in [0.3, 0.4) is 0 Å². The average molecular weight is 347 g/mol. The van der Waals surface area contributed by atoms with Crippen molar-refractivity contribution in [1.29, 1.82) is 0 Å². The normalized spacial score (nSPS) is 20.8. The Morgan fingerprint density at radius 1 is 1.20 bits per heavy atom. The summed E-state index contributed by atoms with van der Waals surface area (Å²) >= 11 is 0. The molecule has 0 atom stereocenters. The van der Waals surface area contributed by atoms with Gasteiger partial charge in [-0.1, -0.05) is 12.8 Å². The molecule has 0 unspecified atom stereocenters. The first-order valence-corrected chi connectivity index (χ1v) is 9.13. The van der Waals surface area contributed by atoms with Crippen molar-refractivity contribution < 1.29 is 9.59 Å². The largest absolute Gasteiger partial charge is 0.331 e. The molecule has 0 N–H and O–H groups in total. The topological polar surface area (TPSA) is 61.7 Å². The fourth-order valence-corrected chi connectivity index (χ4v) is 4.04. The second-order valence-corrected chi connectivity index (χ2v) is 7.97. The van der Waals surface area contributed by atoms with E-state index in [4.69, 9.17) is 0 Å². The maximum Gasteiger partial charge on any atom is 0.319 e. The summed E-state index contributed by atoms with van der Waals surface area (Å²) in [5.74, 6) is 0.0198. The first kappa shape index (κ1) is 17.8. The molecule has 0 spiro atoms. The van der Waals surface area contributed by atoms with Gasteiger partial charge in [-0.05, 0) is 32.8 Å². The third-order valence-electron chi connectivity index (χ3n) is 5.36. The van der Waals surface area contributed by atoms with Crippen molar-refractivity contribution in [2.45, 2.75) is 51.1 Å². The molecule has 2 heterocycles. The number of urea groups is 1. The van der Waals surface area contributed by atoms with Crippen molar-refractivity contribution in [2.75, 3.05) is 33.7 Å². The van der Waals surface area contributed by atoms with Crippen LogP contribution in [0.25, 0.3) is 0 Å². The Morgan fingerprint density at radius 3 is 2.48 bits per heavy atom. The molecule has 1 aliphatic carbocycles. The van der Waals surface area contributed by atoms with E-state index in [1.165, 1.54) is 12.8 Å². The van der Waals surface area contributed by atoms with E-state index < -0.39 is 5.54 Å². The van der Waals surface area contributed by atoms with Crippen LogP contribution in [0, 0.1) is 0 Å². The minimum atomic E-state index is -0.411. The van der Waals surface area contributed by atoms with Gasteiger partial charge in [-0.25, -0.2) is 4.79 Å². The summed E-state index contributed by atoms with van der Waals surface area (Å²) in [6.07, 6.45) is 6.32. The van der Waals surface area contributed by atoms with Crippen molar-refractivity contribution in [3.63, 3.8) is 0 Å². The van der Waals surface area contributed by atoms with Crippen LogP contribution in [0.4, 0.5) is 4.79 Å². The van der Waals surface area contributed by atoms with E-state index in [-0.39, 0.29) is 11.9 Å². The van der Waals surface area contributed by atoms with Crippen molar-refractivity contribution >= 4 is 11.9 Å². The Morgan fingerprint density at radius 2 is 1.88 bits per heavy atom. The van der Waals surface area contributed by atoms with Gasteiger partial charge in [0, 0.05) is 39.9 Å². The van der Waals surface area contributed by atoms with Crippen molar-refractivity contribution in [2.24, 2.45) is 0 Å². The Labute approximate surface area is 149 Å². The highest BCUT2D eigenvalue weighted by molar-refractivity contribution is 5.93. The Kier molecular flexibility index (Phi) is 4.75. The molecular formula is C18H29N5O2. The lowest BCUT2D eigenvalue weighted by Crippen LogP contribution is -2.63. The van der Waals surface area contributed by atoms with Crippen LogP contribution >= 0.6 is 0 Å². The first-order valence-electron chi connectivity index (χ1n) is 9.13. The smallest absolute Gasteiger partial charge is 0.319 e. The van der Waals surface area contributed by atoms with Gasteiger partial charge in [0.15, 0.2) is 0 Å². The zero-order valence-electron chi connectivity index (χ0n) is 15.7. The van der Waals surface area contributed by atoms with Gasteiger partial charge < -0.3 is 14.7 Å². The number of amides is 3. The lowest BCUT2D eigenvalue weighted by Gasteiger charge is -2.47. The second-order valence-electron chi connectivity index (χ2n) is 7.97. The molecule has 2 aliphatic rings. The van der Waals surface area contributed by atoms with Gasteiger partial charge in [-0.15, -0.1) is 0 Å². The third-order valence-corrected chi connectivity index (χ3v) is 5.36. The molecule has 7 nitrogen and oxygen atoms in total. The van der Waals surface area contributed by atoms with Crippen LogP contribution < -0.4 is 0 Å². The van der Waals surface area contributed by atoms with Gasteiger partial charge in [0.1, 0.15) is 5.69 Å². The highest BCUT2D eigenvalue weighted by atomic mass is 16.2. The van der Waals surface area contributed by atoms with E-state index in [1.807, 2.05) is 34.4 Å². The molecule has 1 aromatic rings. The molecule has 25 heavy (non-hydrogen) atoms. The highest BCUT2D eigenvalue weighted by Crippen LogP contribution is 2.31. The molecule has 1 saturated carbocycles. The van der Waals surface area contributed by atoms with Crippen LogP contribution in [0.2, 0.25) is 0 Å². The molecular weight excluding hydrogens is 318 g/mol. The second kappa shape index (κ2) is 6.69. The van der Waals surface area contributed by atoms with Crippen molar-refractivity contribution in [3.05, 3.63) is 18.0 Å². The number of hydrogen-bond acceptors (Lipinski definition) is 3. The van der Waals surface area contributed by atoms with E-state index in [0.29, 0.717) is 31.4 Å². The van der Waals surface area contributed by atoms with E-state index in [2.05, 4.69) is 5.10 Å². The summed E-state index contributed by atoms with van der Waals surface area (Å²) in [5.41, 5.74) is 0.263. The number of nitrogens with zero attached hydrogens (tertiary/aromatic N) is 5. The minimum absolute atomic E-state index is 0.00354. The fourth-order valence-electron chi connectivity index (χ4n) is 4.04. The monoisotopic (exact) mass is 347 g/mol. The van der Waals surface area contributed by atoms with Crippen LogP contribution in [0.5, 0.6) is 0 Å². The molecule has 3 amide bonds. The highest BCUT2D eigenvalue weighted by Gasteiger charge is 2.40. The summed E-state index contributed by atoms with van der Waals surface area (Å²) in [6.45, 7) is 5.69. The lowest BCUT2D eigenvalue weighted by atomic mass is 9.98. The predicted molar refractivity (Wildman–Crippen MR) is 95.5 cm³/mol.